The lowest BCUT2D eigenvalue weighted by Crippen LogP contribution is -2.32. The van der Waals surface area contributed by atoms with Crippen molar-refractivity contribution in [1.29, 1.82) is 0 Å². The van der Waals surface area contributed by atoms with E-state index in [4.69, 9.17) is 15.3 Å². The molecule has 0 heterocycles. The van der Waals surface area contributed by atoms with Crippen LogP contribution in [-0.4, -0.2) is 65.5 Å². The predicted molar refractivity (Wildman–Crippen MR) is 111 cm³/mol. The van der Waals surface area contributed by atoms with Gasteiger partial charge in [-0.2, -0.15) is 0 Å². The Kier molecular flexibility index (Phi) is 6.90. The zero-order valence-corrected chi connectivity index (χ0v) is 15.7. The molecular weight excluding hydrogens is 354 g/mol. The van der Waals surface area contributed by atoms with Crippen molar-refractivity contribution in [2.75, 3.05) is 39.5 Å². The van der Waals surface area contributed by atoms with Crippen LogP contribution in [0.3, 0.4) is 0 Å². The third-order valence-electron chi connectivity index (χ3n) is 4.86. The highest BCUT2D eigenvalue weighted by molar-refractivity contribution is 6.25. The normalized spacial score (nSPS) is 11.9. The maximum Gasteiger partial charge on any atom is 0.194 e. The molecule has 1 aliphatic rings. The number of benzene rings is 3. The fraction of sp³-hybridized carbons (Fsp3) is 0.261. The van der Waals surface area contributed by atoms with Gasteiger partial charge in [0, 0.05) is 36.1 Å². The molecule has 0 aromatic heterocycles. The molecule has 4 rings (SSSR count). The van der Waals surface area contributed by atoms with Gasteiger partial charge in [-0.25, -0.2) is 0 Å². The molecule has 5 heteroatoms. The second kappa shape index (κ2) is 9.57. The van der Waals surface area contributed by atoms with Crippen molar-refractivity contribution >= 4 is 16.6 Å². The third kappa shape index (κ3) is 4.13. The lowest BCUT2D eigenvalue weighted by molar-refractivity contribution is 0.104. The number of rotatable bonds is 6. The van der Waals surface area contributed by atoms with E-state index < -0.39 is 0 Å². The molecule has 146 valence electrons. The molecule has 0 atom stereocenters. The largest absolute Gasteiger partial charge is 0.395 e. The second-order valence-electron chi connectivity index (χ2n) is 6.60. The van der Waals surface area contributed by atoms with Crippen LogP contribution in [0.25, 0.3) is 21.9 Å². The fourth-order valence-electron chi connectivity index (χ4n) is 3.58. The second-order valence-corrected chi connectivity index (χ2v) is 6.60. The summed E-state index contributed by atoms with van der Waals surface area (Å²) in [5, 5.41) is 27.7. The lowest BCUT2D eigenvalue weighted by Gasteiger charge is -2.19. The smallest absolute Gasteiger partial charge is 0.194 e. The SMILES string of the molecule is O=C1c2ccccc2-c2cccc3cccc1c23.OCCN(CCO)CCO. The molecule has 1 aliphatic carbocycles. The average molecular weight is 379 g/mol. The summed E-state index contributed by atoms with van der Waals surface area (Å²) in [6, 6.07) is 20.0. The van der Waals surface area contributed by atoms with Crippen LogP contribution in [0.1, 0.15) is 15.9 Å². The summed E-state index contributed by atoms with van der Waals surface area (Å²) in [7, 11) is 0. The van der Waals surface area contributed by atoms with E-state index >= 15 is 0 Å². The van der Waals surface area contributed by atoms with E-state index in [0.717, 1.165) is 27.5 Å². The number of aliphatic hydroxyl groups excluding tert-OH is 3. The standard InChI is InChI=1S/C17H10O.C6H15NO3/c18-17-14-8-2-1-7-12(14)13-9-3-5-11-6-4-10-15(17)16(11)13;8-4-1-7(2-5-9)3-6-10/h1-10H;8-10H,1-6H2. The highest BCUT2D eigenvalue weighted by atomic mass is 16.3. The zero-order chi connectivity index (χ0) is 19.9. The van der Waals surface area contributed by atoms with Gasteiger partial charge in [0.2, 0.25) is 0 Å². The summed E-state index contributed by atoms with van der Waals surface area (Å²) in [5.74, 6) is 0.134. The molecule has 0 bridgehead atoms. The molecule has 0 spiro atoms. The van der Waals surface area contributed by atoms with E-state index in [2.05, 4.69) is 18.2 Å². The first kappa shape index (κ1) is 20.2. The van der Waals surface area contributed by atoms with Crippen LogP contribution in [0.5, 0.6) is 0 Å². The summed E-state index contributed by atoms with van der Waals surface area (Å²) in [6.07, 6.45) is 0. The molecule has 0 aliphatic heterocycles. The number of fused-ring (bicyclic) bond motifs is 2. The average Bonchev–Trinajstić information content (AvgIpc) is 2.73. The van der Waals surface area contributed by atoms with Gasteiger partial charge in [0.05, 0.1) is 19.8 Å². The van der Waals surface area contributed by atoms with Crippen molar-refractivity contribution in [1.82, 2.24) is 4.90 Å². The lowest BCUT2D eigenvalue weighted by atomic mass is 9.83. The van der Waals surface area contributed by atoms with E-state index in [1.54, 1.807) is 4.90 Å². The molecule has 3 N–H and O–H groups in total. The Hall–Kier alpha value is -2.57. The molecule has 3 aromatic carbocycles. The van der Waals surface area contributed by atoms with Crippen molar-refractivity contribution in [2.45, 2.75) is 0 Å². The van der Waals surface area contributed by atoms with Crippen molar-refractivity contribution in [3.05, 3.63) is 71.8 Å². The first-order valence-corrected chi connectivity index (χ1v) is 9.42. The quantitative estimate of drug-likeness (QED) is 0.479. The van der Waals surface area contributed by atoms with Crippen LogP contribution in [0.2, 0.25) is 0 Å². The van der Waals surface area contributed by atoms with Crippen LogP contribution in [0.4, 0.5) is 0 Å². The number of hydrogen-bond donors (Lipinski definition) is 3. The van der Waals surface area contributed by atoms with E-state index in [1.165, 1.54) is 5.56 Å². The summed E-state index contributed by atoms with van der Waals surface area (Å²) in [4.78, 5) is 14.3. The topological polar surface area (TPSA) is 81.0 Å². The Labute approximate surface area is 164 Å². The summed E-state index contributed by atoms with van der Waals surface area (Å²) in [5.41, 5.74) is 3.84. The molecule has 0 unspecified atom stereocenters. The van der Waals surface area contributed by atoms with E-state index in [1.807, 2.05) is 42.5 Å². The molecule has 0 amide bonds. The fourth-order valence-corrected chi connectivity index (χ4v) is 3.58. The van der Waals surface area contributed by atoms with E-state index in [9.17, 15) is 4.79 Å². The van der Waals surface area contributed by atoms with Gasteiger partial charge >= 0.3 is 0 Å². The molecule has 28 heavy (non-hydrogen) atoms. The van der Waals surface area contributed by atoms with Gasteiger partial charge in [0.15, 0.2) is 5.78 Å². The molecule has 0 radical (unpaired) electrons. The zero-order valence-electron chi connectivity index (χ0n) is 15.7. The van der Waals surface area contributed by atoms with Crippen molar-refractivity contribution in [2.24, 2.45) is 0 Å². The maximum absolute atomic E-state index is 12.5. The summed E-state index contributed by atoms with van der Waals surface area (Å²) >= 11 is 0. The van der Waals surface area contributed by atoms with E-state index in [0.29, 0.717) is 19.6 Å². The number of aliphatic hydroxyl groups is 3. The Balaban J connectivity index is 0.000000195. The molecule has 0 saturated heterocycles. The minimum atomic E-state index is 0.0694. The summed E-state index contributed by atoms with van der Waals surface area (Å²) < 4.78 is 0. The number of carbonyl (C=O) groups is 1. The molecule has 5 nitrogen and oxygen atoms in total. The monoisotopic (exact) mass is 379 g/mol. The van der Waals surface area contributed by atoms with Gasteiger partial charge in [-0.1, -0.05) is 60.7 Å². The van der Waals surface area contributed by atoms with Crippen LogP contribution in [0.15, 0.2) is 60.7 Å². The van der Waals surface area contributed by atoms with Gasteiger partial charge in [-0.3, -0.25) is 9.69 Å². The van der Waals surface area contributed by atoms with Crippen molar-refractivity contribution < 1.29 is 20.1 Å². The van der Waals surface area contributed by atoms with Gasteiger partial charge < -0.3 is 15.3 Å². The highest BCUT2D eigenvalue weighted by Crippen LogP contribution is 2.38. The maximum atomic E-state index is 12.5. The Morgan fingerprint density at radius 1 is 0.607 bits per heavy atom. The Bertz CT molecular complexity index is 935. The van der Waals surface area contributed by atoms with E-state index in [-0.39, 0.29) is 25.6 Å². The van der Waals surface area contributed by atoms with Crippen LogP contribution >= 0.6 is 0 Å². The molecule has 0 saturated carbocycles. The minimum absolute atomic E-state index is 0.0694. The number of hydrogen-bond acceptors (Lipinski definition) is 5. The van der Waals surface area contributed by atoms with Gasteiger partial charge in [-0.15, -0.1) is 0 Å². The van der Waals surface area contributed by atoms with Gasteiger partial charge in [-0.05, 0) is 16.5 Å². The predicted octanol–water partition coefficient (Wildman–Crippen LogP) is 2.32. The third-order valence-corrected chi connectivity index (χ3v) is 4.86. The molecule has 3 aromatic rings. The summed E-state index contributed by atoms with van der Waals surface area (Å²) in [6.45, 7) is 1.75. The number of ketones is 1. The van der Waals surface area contributed by atoms with Crippen molar-refractivity contribution in [3.63, 3.8) is 0 Å². The minimum Gasteiger partial charge on any atom is -0.395 e. The van der Waals surface area contributed by atoms with Crippen LogP contribution in [0, 0.1) is 0 Å². The Morgan fingerprint density at radius 2 is 1.11 bits per heavy atom. The number of carbonyl (C=O) groups excluding carboxylic acids is 1. The first-order valence-electron chi connectivity index (χ1n) is 9.42. The molecular formula is C23H25NO4. The molecule has 0 fully saturated rings. The first-order chi connectivity index (χ1) is 13.7. The van der Waals surface area contributed by atoms with Crippen LogP contribution in [-0.2, 0) is 0 Å². The van der Waals surface area contributed by atoms with Gasteiger partial charge in [0.25, 0.3) is 0 Å². The highest BCUT2D eigenvalue weighted by Gasteiger charge is 2.23. The van der Waals surface area contributed by atoms with Crippen molar-refractivity contribution in [3.8, 4) is 11.1 Å². The number of nitrogens with zero attached hydrogens (tertiary/aromatic N) is 1. The van der Waals surface area contributed by atoms with Crippen LogP contribution < -0.4 is 0 Å². The Morgan fingerprint density at radius 3 is 1.68 bits per heavy atom. The van der Waals surface area contributed by atoms with Gasteiger partial charge in [0.1, 0.15) is 0 Å².